The molecular weight excluding hydrogens is 333 g/mol. The molecule has 1 unspecified atom stereocenters. The van der Waals surface area contributed by atoms with Gasteiger partial charge >= 0.3 is 6.18 Å². The molecule has 0 aliphatic heterocycles. The number of rotatable bonds is 6. The van der Waals surface area contributed by atoms with E-state index in [1.807, 2.05) is 30.3 Å². The average Bonchev–Trinajstić information content (AvgIpc) is 2.55. The van der Waals surface area contributed by atoms with Crippen molar-refractivity contribution < 1.29 is 22.7 Å². The Labute approximate surface area is 143 Å². The lowest BCUT2D eigenvalue weighted by atomic mass is 10.0. The zero-order chi connectivity index (χ0) is 18.4. The number of alkyl halides is 3. The second kappa shape index (κ2) is 8.02. The van der Waals surface area contributed by atoms with Gasteiger partial charge in [0.25, 0.3) is 0 Å². The highest BCUT2D eigenvalue weighted by atomic mass is 19.4. The topological polar surface area (TPSA) is 64.4 Å². The van der Waals surface area contributed by atoms with Gasteiger partial charge in [-0.1, -0.05) is 36.4 Å². The van der Waals surface area contributed by atoms with Crippen LogP contribution in [0.4, 0.5) is 18.9 Å². The summed E-state index contributed by atoms with van der Waals surface area (Å²) in [6, 6.07) is 13.2. The molecule has 0 aliphatic rings. The van der Waals surface area contributed by atoms with Crippen LogP contribution in [0.15, 0.2) is 48.5 Å². The molecule has 0 radical (unpaired) electrons. The number of hydrogen-bond donors (Lipinski definition) is 2. The number of halogens is 3. The summed E-state index contributed by atoms with van der Waals surface area (Å²) in [7, 11) is 0. The molecule has 25 heavy (non-hydrogen) atoms. The Morgan fingerprint density at radius 3 is 2.48 bits per heavy atom. The fourth-order valence-corrected chi connectivity index (χ4v) is 2.28. The third kappa shape index (κ3) is 5.79. The fraction of sp³-hybridized carbons (Fsp3) is 0.278. The minimum Gasteiger partial charge on any atom is -0.484 e. The monoisotopic (exact) mass is 352 g/mol. The van der Waals surface area contributed by atoms with Gasteiger partial charge in [0.1, 0.15) is 5.75 Å². The zero-order valence-corrected chi connectivity index (χ0v) is 13.6. The maximum absolute atomic E-state index is 12.3. The first-order chi connectivity index (χ1) is 11.8. The van der Waals surface area contributed by atoms with Crippen LogP contribution in [0, 0.1) is 6.92 Å². The number of amides is 1. The molecule has 0 heterocycles. The minimum absolute atomic E-state index is 0.0527. The Bertz CT molecular complexity index is 718. The SMILES string of the molecule is Cc1c(NC(=O)CC(N)c2ccccc2)cccc1OCC(F)(F)F. The van der Waals surface area contributed by atoms with E-state index in [4.69, 9.17) is 10.5 Å². The maximum atomic E-state index is 12.3. The van der Waals surface area contributed by atoms with Crippen LogP contribution in [0.5, 0.6) is 5.75 Å². The van der Waals surface area contributed by atoms with Crippen molar-refractivity contribution in [3.63, 3.8) is 0 Å². The summed E-state index contributed by atoms with van der Waals surface area (Å²) in [6.45, 7) is 0.197. The number of carbonyl (C=O) groups excluding carboxylic acids is 1. The molecule has 0 saturated heterocycles. The highest BCUT2D eigenvalue weighted by molar-refractivity contribution is 5.92. The van der Waals surface area contributed by atoms with Crippen LogP contribution in [0.25, 0.3) is 0 Å². The number of hydrogen-bond acceptors (Lipinski definition) is 3. The first-order valence-electron chi connectivity index (χ1n) is 7.66. The van der Waals surface area contributed by atoms with Gasteiger partial charge < -0.3 is 15.8 Å². The van der Waals surface area contributed by atoms with Gasteiger partial charge in [-0.15, -0.1) is 0 Å². The van der Waals surface area contributed by atoms with Crippen molar-refractivity contribution in [3.8, 4) is 5.75 Å². The Balaban J connectivity index is 2.01. The van der Waals surface area contributed by atoms with Crippen molar-refractivity contribution in [3.05, 3.63) is 59.7 Å². The van der Waals surface area contributed by atoms with Gasteiger partial charge in [-0.3, -0.25) is 4.79 Å². The maximum Gasteiger partial charge on any atom is 0.422 e. The molecule has 0 bridgehead atoms. The highest BCUT2D eigenvalue weighted by Crippen LogP contribution is 2.27. The van der Waals surface area contributed by atoms with Gasteiger partial charge in [-0.05, 0) is 24.6 Å². The van der Waals surface area contributed by atoms with Crippen molar-refractivity contribution >= 4 is 11.6 Å². The van der Waals surface area contributed by atoms with E-state index in [9.17, 15) is 18.0 Å². The number of nitrogens with two attached hydrogens (primary N) is 1. The van der Waals surface area contributed by atoms with Crippen LogP contribution < -0.4 is 15.8 Å². The predicted octanol–water partition coefficient (Wildman–Crippen LogP) is 3.96. The lowest BCUT2D eigenvalue weighted by Crippen LogP contribution is -2.21. The van der Waals surface area contributed by atoms with E-state index in [0.29, 0.717) is 11.3 Å². The molecule has 4 nitrogen and oxygen atoms in total. The molecule has 0 saturated carbocycles. The molecule has 1 atom stereocenters. The molecule has 2 aromatic rings. The number of nitrogens with one attached hydrogen (secondary N) is 1. The molecule has 0 aromatic heterocycles. The van der Waals surface area contributed by atoms with E-state index in [0.717, 1.165) is 5.56 Å². The lowest BCUT2D eigenvalue weighted by molar-refractivity contribution is -0.153. The van der Waals surface area contributed by atoms with Crippen LogP contribution in [0.1, 0.15) is 23.6 Å². The predicted molar refractivity (Wildman–Crippen MR) is 89.3 cm³/mol. The van der Waals surface area contributed by atoms with E-state index in [1.54, 1.807) is 13.0 Å². The van der Waals surface area contributed by atoms with Crippen molar-refractivity contribution in [2.45, 2.75) is 25.6 Å². The smallest absolute Gasteiger partial charge is 0.422 e. The van der Waals surface area contributed by atoms with E-state index in [2.05, 4.69) is 5.32 Å². The summed E-state index contributed by atoms with van der Waals surface area (Å²) >= 11 is 0. The molecular formula is C18H19F3N2O2. The minimum atomic E-state index is -4.42. The Kier molecular flexibility index (Phi) is 6.03. The quantitative estimate of drug-likeness (QED) is 0.827. The van der Waals surface area contributed by atoms with E-state index in [-0.39, 0.29) is 18.1 Å². The molecule has 2 aromatic carbocycles. The van der Waals surface area contributed by atoms with Crippen LogP contribution in [-0.4, -0.2) is 18.7 Å². The third-order valence-electron chi connectivity index (χ3n) is 3.58. The van der Waals surface area contributed by atoms with Crippen molar-refractivity contribution in [2.75, 3.05) is 11.9 Å². The van der Waals surface area contributed by atoms with Crippen LogP contribution in [0.3, 0.4) is 0 Å². The van der Waals surface area contributed by atoms with Crippen molar-refractivity contribution in [1.29, 1.82) is 0 Å². The first-order valence-corrected chi connectivity index (χ1v) is 7.66. The molecule has 0 aliphatic carbocycles. The number of carbonyl (C=O) groups is 1. The van der Waals surface area contributed by atoms with Gasteiger partial charge in [0, 0.05) is 23.7 Å². The van der Waals surface area contributed by atoms with Gasteiger partial charge in [0.05, 0.1) is 0 Å². The Hall–Kier alpha value is -2.54. The molecule has 7 heteroatoms. The van der Waals surface area contributed by atoms with Gasteiger partial charge in [0.15, 0.2) is 6.61 Å². The second-order valence-corrected chi connectivity index (χ2v) is 5.60. The summed E-state index contributed by atoms with van der Waals surface area (Å²) in [5, 5.41) is 2.67. The molecule has 0 fully saturated rings. The van der Waals surface area contributed by atoms with Crippen molar-refractivity contribution in [1.82, 2.24) is 0 Å². The number of anilines is 1. The van der Waals surface area contributed by atoms with E-state index >= 15 is 0 Å². The van der Waals surface area contributed by atoms with Gasteiger partial charge in [-0.2, -0.15) is 13.2 Å². The molecule has 3 N–H and O–H groups in total. The normalized spacial score (nSPS) is 12.5. The molecule has 2 rings (SSSR count). The van der Waals surface area contributed by atoms with Gasteiger partial charge in [-0.25, -0.2) is 0 Å². The third-order valence-corrected chi connectivity index (χ3v) is 3.58. The standard InChI is InChI=1S/C18H19F3N2O2/c1-12-15(8-5-9-16(12)25-11-18(19,20)21)23-17(24)10-14(22)13-6-3-2-4-7-13/h2-9,14H,10-11,22H2,1H3,(H,23,24). The van der Waals surface area contributed by atoms with Crippen LogP contribution in [-0.2, 0) is 4.79 Å². The highest BCUT2D eigenvalue weighted by Gasteiger charge is 2.28. The van der Waals surface area contributed by atoms with Crippen molar-refractivity contribution in [2.24, 2.45) is 5.73 Å². The Morgan fingerprint density at radius 1 is 1.16 bits per heavy atom. The zero-order valence-electron chi connectivity index (χ0n) is 13.6. The largest absolute Gasteiger partial charge is 0.484 e. The van der Waals surface area contributed by atoms with E-state index in [1.165, 1.54) is 12.1 Å². The Morgan fingerprint density at radius 2 is 1.84 bits per heavy atom. The summed E-state index contributed by atoms with van der Waals surface area (Å²) in [4.78, 5) is 12.2. The van der Waals surface area contributed by atoms with Crippen LogP contribution >= 0.6 is 0 Å². The summed E-state index contributed by atoms with van der Waals surface area (Å²) < 4.78 is 41.6. The lowest BCUT2D eigenvalue weighted by Gasteiger charge is -2.16. The first kappa shape index (κ1) is 18.8. The summed E-state index contributed by atoms with van der Waals surface area (Å²) in [6.07, 6.45) is -4.37. The summed E-state index contributed by atoms with van der Waals surface area (Å²) in [5.41, 5.74) is 7.65. The second-order valence-electron chi connectivity index (χ2n) is 5.60. The van der Waals surface area contributed by atoms with E-state index < -0.39 is 18.8 Å². The summed E-state index contributed by atoms with van der Waals surface area (Å²) in [5.74, 6) is -0.255. The molecule has 134 valence electrons. The van der Waals surface area contributed by atoms with Crippen LogP contribution in [0.2, 0.25) is 0 Å². The average molecular weight is 352 g/mol. The molecule has 0 spiro atoms. The fourth-order valence-electron chi connectivity index (χ4n) is 2.28. The van der Waals surface area contributed by atoms with Gasteiger partial charge in [0.2, 0.25) is 5.91 Å². The molecule has 1 amide bonds. The number of ether oxygens (including phenoxy) is 1. The number of benzene rings is 2.